The van der Waals surface area contributed by atoms with E-state index in [1.54, 1.807) is 12.1 Å². The number of ether oxygens (including phenoxy) is 1. The van der Waals surface area contributed by atoms with Gasteiger partial charge in [0.25, 0.3) is 0 Å². The Hall–Kier alpha value is -3.02. The largest absolute Gasteiger partial charge is 0.508 e. The van der Waals surface area contributed by atoms with Gasteiger partial charge in [0.2, 0.25) is 0 Å². The Morgan fingerprint density at radius 2 is 1.67 bits per heavy atom. The first-order valence-corrected chi connectivity index (χ1v) is 6.01. The van der Waals surface area contributed by atoms with Gasteiger partial charge in [0.15, 0.2) is 11.5 Å². The maximum absolute atomic E-state index is 11.8. The summed E-state index contributed by atoms with van der Waals surface area (Å²) in [7, 11) is 0. The highest BCUT2D eigenvalue weighted by Crippen LogP contribution is 2.30. The Morgan fingerprint density at radius 3 is 2.29 bits per heavy atom. The van der Waals surface area contributed by atoms with Crippen LogP contribution in [0.1, 0.15) is 15.9 Å². The SMILES string of the molecule is O=C(Cc1ccc(O)cc1)Oc1c(O)cccc1C(=O)O. The molecule has 0 radical (unpaired) electrons. The van der Waals surface area contributed by atoms with Crippen LogP contribution >= 0.6 is 0 Å². The number of hydrogen-bond donors (Lipinski definition) is 3. The molecule has 0 saturated heterocycles. The van der Waals surface area contributed by atoms with E-state index in [0.717, 1.165) is 0 Å². The molecule has 0 aliphatic rings. The molecule has 0 fully saturated rings. The van der Waals surface area contributed by atoms with Crippen LogP contribution in [0.25, 0.3) is 0 Å². The molecule has 0 aliphatic heterocycles. The minimum absolute atomic E-state index is 0.0704. The van der Waals surface area contributed by atoms with E-state index in [4.69, 9.17) is 14.9 Å². The standard InChI is InChI=1S/C15H12O6/c16-10-6-4-9(5-7-10)8-13(18)21-14-11(15(19)20)2-1-3-12(14)17/h1-7,16-17H,8H2,(H,19,20). The fourth-order valence-corrected chi connectivity index (χ4v) is 1.73. The zero-order chi connectivity index (χ0) is 15.4. The van der Waals surface area contributed by atoms with Crippen LogP contribution in [0.3, 0.4) is 0 Å². The van der Waals surface area contributed by atoms with Crippen molar-refractivity contribution in [1.29, 1.82) is 0 Å². The fraction of sp³-hybridized carbons (Fsp3) is 0.0667. The Kier molecular flexibility index (Phi) is 4.08. The summed E-state index contributed by atoms with van der Waals surface area (Å²) in [5.74, 6) is -2.76. The fourth-order valence-electron chi connectivity index (χ4n) is 1.73. The summed E-state index contributed by atoms with van der Waals surface area (Å²) < 4.78 is 4.94. The van der Waals surface area contributed by atoms with Crippen molar-refractivity contribution < 1.29 is 29.6 Å². The van der Waals surface area contributed by atoms with E-state index >= 15 is 0 Å². The van der Waals surface area contributed by atoms with E-state index in [0.29, 0.717) is 5.56 Å². The van der Waals surface area contributed by atoms with Crippen LogP contribution in [-0.2, 0) is 11.2 Å². The minimum atomic E-state index is -1.31. The van der Waals surface area contributed by atoms with Gasteiger partial charge in [-0.2, -0.15) is 0 Å². The Bertz CT molecular complexity index is 675. The molecular formula is C15H12O6. The van der Waals surface area contributed by atoms with Crippen molar-refractivity contribution in [1.82, 2.24) is 0 Å². The van der Waals surface area contributed by atoms with E-state index in [1.165, 1.54) is 30.3 Å². The first-order valence-electron chi connectivity index (χ1n) is 6.01. The van der Waals surface area contributed by atoms with Gasteiger partial charge < -0.3 is 20.1 Å². The van der Waals surface area contributed by atoms with Crippen molar-refractivity contribution in [3.05, 3.63) is 53.6 Å². The molecule has 0 amide bonds. The molecule has 2 rings (SSSR count). The van der Waals surface area contributed by atoms with Gasteiger partial charge in [-0.3, -0.25) is 4.79 Å². The molecule has 2 aromatic rings. The van der Waals surface area contributed by atoms with Gasteiger partial charge in [-0.1, -0.05) is 18.2 Å². The molecule has 6 heteroatoms. The zero-order valence-corrected chi connectivity index (χ0v) is 10.8. The predicted octanol–water partition coefficient (Wildman–Crippen LogP) is 1.94. The molecular weight excluding hydrogens is 276 g/mol. The van der Waals surface area contributed by atoms with Crippen LogP contribution in [0.15, 0.2) is 42.5 Å². The summed E-state index contributed by atoms with van der Waals surface area (Å²) in [6.07, 6.45) is -0.117. The number of esters is 1. The molecule has 21 heavy (non-hydrogen) atoms. The van der Waals surface area contributed by atoms with E-state index in [2.05, 4.69) is 0 Å². The number of phenols is 2. The number of phenolic OH excluding ortho intramolecular Hbond substituents is 2. The number of hydrogen-bond acceptors (Lipinski definition) is 5. The predicted molar refractivity (Wildman–Crippen MR) is 72.5 cm³/mol. The lowest BCUT2D eigenvalue weighted by Crippen LogP contribution is -2.13. The number of carboxylic acids is 1. The third kappa shape index (κ3) is 3.50. The van der Waals surface area contributed by atoms with Gasteiger partial charge in [-0.05, 0) is 29.8 Å². The molecule has 0 atom stereocenters. The molecule has 0 aromatic heterocycles. The number of para-hydroxylation sites is 1. The van der Waals surface area contributed by atoms with Crippen molar-refractivity contribution in [2.24, 2.45) is 0 Å². The van der Waals surface area contributed by atoms with Crippen molar-refractivity contribution in [3.8, 4) is 17.2 Å². The molecule has 0 spiro atoms. The lowest BCUT2D eigenvalue weighted by molar-refractivity contribution is -0.133. The van der Waals surface area contributed by atoms with Crippen LogP contribution in [0.5, 0.6) is 17.2 Å². The lowest BCUT2D eigenvalue weighted by Gasteiger charge is -2.09. The maximum Gasteiger partial charge on any atom is 0.339 e. The van der Waals surface area contributed by atoms with E-state index < -0.39 is 17.7 Å². The third-order valence-corrected chi connectivity index (χ3v) is 2.73. The maximum atomic E-state index is 11.8. The van der Waals surface area contributed by atoms with E-state index in [1.807, 2.05) is 0 Å². The average Bonchev–Trinajstić information content (AvgIpc) is 2.43. The van der Waals surface area contributed by atoms with Gasteiger partial charge in [0.1, 0.15) is 11.3 Å². The highest BCUT2D eigenvalue weighted by atomic mass is 16.5. The monoisotopic (exact) mass is 288 g/mol. The molecule has 2 aromatic carbocycles. The second-order valence-corrected chi connectivity index (χ2v) is 4.28. The number of carbonyl (C=O) groups excluding carboxylic acids is 1. The quantitative estimate of drug-likeness (QED) is 0.586. The molecule has 0 aliphatic carbocycles. The zero-order valence-electron chi connectivity index (χ0n) is 10.8. The molecule has 0 bridgehead atoms. The van der Waals surface area contributed by atoms with Gasteiger partial charge in [0.05, 0.1) is 6.42 Å². The molecule has 0 heterocycles. The van der Waals surface area contributed by atoms with Gasteiger partial charge >= 0.3 is 11.9 Å². The Balaban J connectivity index is 2.16. The van der Waals surface area contributed by atoms with Gasteiger partial charge in [-0.25, -0.2) is 4.79 Å². The van der Waals surface area contributed by atoms with Crippen LogP contribution < -0.4 is 4.74 Å². The summed E-state index contributed by atoms with van der Waals surface area (Å²) in [6.45, 7) is 0. The van der Waals surface area contributed by atoms with Crippen LogP contribution in [0, 0.1) is 0 Å². The van der Waals surface area contributed by atoms with Crippen molar-refractivity contribution in [2.45, 2.75) is 6.42 Å². The average molecular weight is 288 g/mol. The topological polar surface area (TPSA) is 104 Å². The molecule has 108 valence electrons. The summed E-state index contributed by atoms with van der Waals surface area (Å²) in [5.41, 5.74) is 0.291. The summed E-state index contributed by atoms with van der Waals surface area (Å²) in [5, 5.41) is 27.8. The summed E-state index contributed by atoms with van der Waals surface area (Å²) in [4.78, 5) is 22.8. The van der Waals surface area contributed by atoms with Crippen molar-refractivity contribution in [2.75, 3.05) is 0 Å². The number of carboxylic acid groups (broad SMARTS) is 1. The van der Waals surface area contributed by atoms with Crippen LogP contribution in [0.2, 0.25) is 0 Å². The van der Waals surface area contributed by atoms with Crippen molar-refractivity contribution >= 4 is 11.9 Å². The van der Waals surface area contributed by atoms with E-state index in [9.17, 15) is 14.7 Å². The first-order chi connectivity index (χ1) is 9.97. The van der Waals surface area contributed by atoms with Gasteiger partial charge in [-0.15, -0.1) is 0 Å². The second-order valence-electron chi connectivity index (χ2n) is 4.28. The highest BCUT2D eigenvalue weighted by Gasteiger charge is 2.18. The number of aromatic hydroxyl groups is 2. The number of aromatic carboxylic acids is 1. The summed E-state index contributed by atoms with van der Waals surface area (Å²) >= 11 is 0. The molecule has 0 saturated carbocycles. The normalized spacial score (nSPS) is 10.1. The molecule has 0 unspecified atom stereocenters. The Labute approximate surface area is 119 Å². The van der Waals surface area contributed by atoms with Gasteiger partial charge in [0, 0.05) is 0 Å². The first kappa shape index (κ1) is 14.4. The van der Waals surface area contributed by atoms with Crippen LogP contribution in [0.4, 0.5) is 0 Å². The smallest absolute Gasteiger partial charge is 0.339 e. The Morgan fingerprint density at radius 1 is 1.00 bits per heavy atom. The number of carbonyl (C=O) groups is 2. The highest BCUT2D eigenvalue weighted by molar-refractivity contribution is 5.93. The molecule has 6 nitrogen and oxygen atoms in total. The molecule has 3 N–H and O–H groups in total. The van der Waals surface area contributed by atoms with E-state index in [-0.39, 0.29) is 23.5 Å². The third-order valence-electron chi connectivity index (χ3n) is 2.73. The second kappa shape index (κ2) is 5.96. The van der Waals surface area contributed by atoms with Crippen LogP contribution in [-0.4, -0.2) is 27.3 Å². The lowest BCUT2D eigenvalue weighted by atomic mass is 10.1. The minimum Gasteiger partial charge on any atom is -0.508 e. The summed E-state index contributed by atoms with van der Waals surface area (Å²) in [6, 6.07) is 9.73. The number of benzene rings is 2. The van der Waals surface area contributed by atoms with Crippen molar-refractivity contribution in [3.63, 3.8) is 0 Å². The number of rotatable bonds is 4.